The van der Waals surface area contributed by atoms with Gasteiger partial charge in [0.15, 0.2) is 11.6 Å². The second kappa shape index (κ2) is 10.2. The largest absolute Gasteiger partial charge is 0.484 e. The number of imidazole rings is 1. The standard InChI is InChI=1S/C24H25N3O3S/c1-29-15-14-26(23(28)17-30-21-10-6-3-7-11-21)13-12-20-18-31-24-25-22(16-27(20)24)19-8-4-2-5-9-19/h2-11,16,18H,12-15,17H2,1H3. The van der Waals surface area contributed by atoms with Crippen molar-refractivity contribution in [1.82, 2.24) is 14.3 Å². The molecule has 0 bridgehead atoms. The van der Waals surface area contributed by atoms with Gasteiger partial charge in [-0.05, 0) is 12.1 Å². The number of rotatable bonds is 10. The Morgan fingerprint density at radius 2 is 1.81 bits per heavy atom. The van der Waals surface area contributed by atoms with Crippen LogP contribution in [0.5, 0.6) is 5.75 Å². The van der Waals surface area contributed by atoms with Gasteiger partial charge in [-0.15, -0.1) is 11.3 Å². The summed E-state index contributed by atoms with van der Waals surface area (Å²) in [5, 5.41) is 2.11. The summed E-state index contributed by atoms with van der Waals surface area (Å²) in [5.41, 5.74) is 3.19. The van der Waals surface area contributed by atoms with Gasteiger partial charge >= 0.3 is 0 Å². The van der Waals surface area contributed by atoms with Crippen LogP contribution in [0, 0.1) is 0 Å². The third-order valence-corrected chi connectivity index (χ3v) is 5.90. The molecule has 1 amide bonds. The molecule has 0 fully saturated rings. The number of amides is 1. The van der Waals surface area contributed by atoms with E-state index in [1.54, 1.807) is 23.3 Å². The molecule has 2 heterocycles. The van der Waals surface area contributed by atoms with Crippen molar-refractivity contribution in [2.45, 2.75) is 6.42 Å². The smallest absolute Gasteiger partial charge is 0.260 e. The molecule has 4 rings (SSSR count). The molecule has 0 saturated carbocycles. The Kier molecular flexibility index (Phi) is 6.96. The molecular weight excluding hydrogens is 410 g/mol. The molecule has 4 aromatic rings. The van der Waals surface area contributed by atoms with Crippen molar-refractivity contribution < 1.29 is 14.3 Å². The molecule has 0 N–H and O–H groups in total. The maximum Gasteiger partial charge on any atom is 0.260 e. The number of thiazole rings is 1. The van der Waals surface area contributed by atoms with Gasteiger partial charge in [0.2, 0.25) is 0 Å². The van der Waals surface area contributed by atoms with Gasteiger partial charge in [-0.3, -0.25) is 9.20 Å². The summed E-state index contributed by atoms with van der Waals surface area (Å²) >= 11 is 1.61. The summed E-state index contributed by atoms with van der Waals surface area (Å²) in [4.78, 5) is 20.3. The predicted molar refractivity (Wildman–Crippen MR) is 123 cm³/mol. The lowest BCUT2D eigenvalue weighted by Gasteiger charge is -2.22. The lowest BCUT2D eigenvalue weighted by molar-refractivity contribution is -0.134. The van der Waals surface area contributed by atoms with Crippen molar-refractivity contribution in [3.63, 3.8) is 0 Å². The number of hydrogen-bond donors (Lipinski definition) is 0. The van der Waals surface area contributed by atoms with Crippen molar-refractivity contribution >= 4 is 22.2 Å². The monoisotopic (exact) mass is 435 g/mol. The van der Waals surface area contributed by atoms with Crippen LogP contribution in [0.4, 0.5) is 0 Å². The Labute approximate surface area is 185 Å². The summed E-state index contributed by atoms with van der Waals surface area (Å²) in [5.74, 6) is 0.636. The van der Waals surface area contributed by atoms with E-state index in [0.717, 1.165) is 28.3 Å². The summed E-state index contributed by atoms with van der Waals surface area (Å²) in [6, 6.07) is 19.5. The molecular formula is C24H25N3O3S. The van der Waals surface area contributed by atoms with Crippen molar-refractivity contribution in [1.29, 1.82) is 0 Å². The van der Waals surface area contributed by atoms with E-state index in [1.807, 2.05) is 48.5 Å². The molecule has 160 valence electrons. The minimum absolute atomic E-state index is 0.00993. The highest BCUT2D eigenvalue weighted by molar-refractivity contribution is 7.15. The molecule has 0 spiro atoms. The lowest BCUT2D eigenvalue weighted by Crippen LogP contribution is -2.38. The van der Waals surface area contributed by atoms with Crippen LogP contribution in [-0.2, 0) is 16.0 Å². The van der Waals surface area contributed by atoms with Gasteiger partial charge in [0.05, 0.1) is 12.3 Å². The molecule has 0 aliphatic heterocycles. The molecule has 0 aliphatic carbocycles. The topological polar surface area (TPSA) is 56.1 Å². The summed E-state index contributed by atoms with van der Waals surface area (Å²) in [6.07, 6.45) is 2.79. The van der Waals surface area contributed by atoms with Crippen LogP contribution in [0.1, 0.15) is 5.69 Å². The molecule has 6 nitrogen and oxygen atoms in total. The Morgan fingerprint density at radius 1 is 1.06 bits per heavy atom. The molecule has 2 aromatic carbocycles. The first kappa shape index (κ1) is 21.1. The number of fused-ring (bicyclic) bond motifs is 1. The highest BCUT2D eigenvalue weighted by atomic mass is 32.1. The van der Waals surface area contributed by atoms with Gasteiger partial charge in [-0.25, -0.2) is 4.98 Å². The van der Waals surface area contributed by atoms with Crippen LogP contribution < -0.4 is 4.74 Å². The first-order valence-corrected chi connectivity index (χ1v) is 11.1. The van der Waals surface area contributed by atoms with Gasteiger partial charge in [-0.1, -0.05) is 48.5 Å². The van der Waals surface area contributed by atoms with E-state index < -0.39 is 0 Å². The third-order valence-electron chi connectivity index (χ3n) is 5.01. The predicted octanol–water partition coefficient (Wildman–Crippen LogP) is 4.16. The number of carbonyl (C=O) groups excluding carboxylic acids is 1. The van der Waals surface area contributed by atoms with Crippen LogP contribution in [0.15, 0.2) is 72.2 Å². The maximum absolute atomic E-state index is 12.8. The number of aromatic nitrogens is 2. The van der Waals surface area contributed by atoms with Gasteiger partial charge in [0.25, 0.3) is 5.91 Å². The first-order chi connectivity index (χ1) is 15.2. The number of nitrogens with zero attached hydrogens (tertiary/aromatic N) is 3. The van der Waals surface area contributed by atoms with E-state index in [0.29, 0.717) is 25.4 Å². The van der Waals surface area contributed by atoms with E-state index in [9.17, 15) is 4.79 Å². The van der Waals surface area contributed by atoms with E-state index >= 15 is 0 Å². The highest BCUT2D eigenvalue weighted by Gasteiger charge is 2.16. The molecule has 0 unspecified atom stereocenters. The van der Waals surface area contributed by atoms with Crippen LogP contribution in [0.25, 0.3) is 16.2 Å². The minimum Gasteiger partial charge on any atom is -0.484 e. The van der Waals surface area contributed by atoms with E-state index in [4.69, 9.17) is 14.5 Å². The number of para-hydroxylation sites is 1. The summed E-state index contributed by atoms with van der Waals surface area (Å²) < 4.78 is 13.0. The minimum atomic E-state index is -0.0528. The molecule has 31 heavy (non-hydrogen) atoms. The van der Waals surface area contributed by atoms with Crippen LogP contribution in [0.2, 0.25) is 0 Å². The van der Waals surface area contributed by atoms with Gasteiger partial charge in [0, 0.05) is 49.5 Å². The number of hydrogen-bond acceptors (Lipinski definition) is 5. The zero-order valence-corrected chi connectivity index (χ0v) is 18.3. The molecule has 0 aliphatic rings. The van der Waals surface area contributed by atoms with Crippen molar-refractivity contribution in [3.8, 4) is 17.0 Å². The van der Waals surface area contributed by atoms with Crippen molar-refractivity contribution in [2.75, 3.05) is 33.4 Å². The SMILES string of the molecule is COCCN(CCc1csc2nc(-c3ccccc3)cn12)C(=O)COc1ccccc1. The number of methoxy groups -OCH3 is 1. The number of ether oxygens (including phenoxy) is 2. The molecule has 2 aromatic heterocycles. The van der Waals surface area contributed by atoms with Crippen LogP contribution in [0.3, 0.4) is 0 Å². The zero-order valence-electron chi connectivity index (χ0n) is 17.4. The van der Waals surface area contributed by atoms with Crippen LogP contribution in [-0.4, -0.2) is 53.6 Å². The Hall–Kier alpha value is -3.16. The van der Waals surface area contributed by atoms with Gasteiger partial charge < -0.3 is 14.4 Å². The third kappa shape index (κ3) is 5.31. The Morgan fingerprint density at radius 3 is 2.55 bits per heavy atom. The molecule has 0 saturated heterocycles. The lowest BCUT2D eigenvalue weighted by atomic mass is 10.2. The van der Waals surface area contributed by atoms with Crippen LogP contribution >= 0.6 is 11.3 Å². The van der Waals surface area contributed by atoms with E-state index in [2.05, 4.69) is 28.1 Å². The highest BCUT2D eigenvalue weighted by Crippen LogP contribution is 2.24. The van der Waals surface area contributed by atoms with Gasteiger partial charge in [-0.2, -0.15) is 0 Å². The normalized spacial score (nSPS) is 11.0. The fourth-order valence-corrected chi connectivity index (χ4v) is 4.23. The number of benzene rings is 2. The van der Waals surface area contributed by atoms with Crippen molar-refractivity contribution in [2.24, 2.45) is 0 Å². The Balaban J connectivity index is 1.42. The quantitative estimate of drug-likeness (QED) is 0.375. The van der Waals surface area contributed by atoms with E-state index in [-0.39, 0.29) is 12.5 Å². The zero-order chi connectivity index (χ0) is 21.5. The van der Waals surface area contributed by atoms with Crippen molar-refractivity contribution in [3.05, 3.63) is 77.9 Å². The first-order valence-electron chi connectivity index (χ1n) is 10.2. The molecule has 0 atom stereocenters. The second-order valence-electron chi connectivity index (χ2n) is 7.10. The fraction of sp³-hybridized carbons (Fsp3) is 0.250. The van der Waals surface area contributed by atoms with E-state index in [1.165, 1.54) is 0 Å². The second-order valence-corrected chi connectivity index (χ2v) is 7.93. The van der Waals surface area contributed by atoms with Gasteiger partial charge in [0.1, 0.15) is 5.75 Å². The Bertz CT molecular complexity index is 1110. The summed E-state index contributed by atoms with van der Waals surface area (Å²) in [6.45, 7) is 1.61. The number of carbonyl (C=O) groups is 1. The summed E-state index contributed by atoms with van der Waals surface area (Å²) in [7, 11) is 1.64. The molecule has 0 radical (unpaired) electrons. The molecule has 7 heteroatoms. The maximum atomic E-state index is 12.8. The average Bonchev–Trinajstić information content (AvgIpc) is 3.40. The fourth-order valence-electron chi connectivity index (χ4n) is 3.32. The average molecular weight is 436 g/mol.